The fourth-order valence-electron chi connectivity index (χ4n) is 2.62. The van der Waals surface area contributed by atoms with Gasteiger partial charge in [-0.25, -0.2) is 0 Å². The summed E-state index contributed by atoms with van der Waals surface area (Å²) in [4.78, 5) is 10.7. The van der Waals surface area contributed by atoms with Crippen LogP contribution in [0.15, 0.2) is 18.2 Å². The van der Waals surface area contributed by atoms with Gasteiger partial charge in [0.1, 0.15) is 0 Å². The van der Waals surface area contributed by atoms with Gasteiger partial charge in [-0.2, -0.15) is 0 Å². The quantitative estimate of drug-likeness (QED) is 0.344. The second-order valence-electron chi connectivity index (χ2n) is 5.65. The fourth-order valence-corrected chi connectivity index (χ4v) is 3.34. The number of nitrogens with zero attached hydrogens (tertiary/aromatic N) is 1. The van der Waals surface area contributed by atoms with Crippen LogP contribution in [0.4, 0.5) is 5.69 Å². The number of nitro groups is 1. The molecule has 0 heterocycles. The van der Waals surface area contributed by atoms with Gasteiger partial charge in [0.05, 0.1) is 11.5 Å². The number of alkyl halides is 1. The molecule has 1 rings (SSSR count). The minimum atomic E-state index is -0.385. The maximum atomic E-state index is 11.1. The predicted molar refractivity (Wildman–Crippen MR) is 89.4 cm³/mol. The lowest BCUT2D eigenvalue weighted by Gasteiger charge is -2.31. The van der Waals surface area contributed by atoms with E-state index in [-0.39, 0.29) is 16.0 Å². The zero-order valence-electron chi connectivity index (χ0n) is 13.0. The van der Waals surface area contributed by atoms with Gasteiger partial charge in [-0.05, 0) is 31.4 Å². The summed E-state index contributed by atoms with van der Waals surface area (Å²) >= 11 is 3.60. The van der Waals surface area contributed by atoms with Crippen molar-refractivity contribution in [1.82, 2.24) is 0 Å². The highest BCUT2D eigenvalue weighted by molar-refractivity contribution is 9.09. The summed E-state index contributed by atoms with van der Waals surface area (Å²) in [5.41, 5.74) is 1.05. The highest BCUT2D eigenvalue weighted by Crippen LogP contribution is 2.35. The summed E-state index contributed by atoms with van der Waals surface area (Å²) in [6, 6.07) is 5.00. The van der Waals surface area contributed by atoms with Crippen molar-refractivity contribution >= 4 is 21.6 Å². The van der Waals surface area contributed by atoms with Crippen LogP contribution in [-0.2, 0) is 0 Å². The number of nitro benzene ring substituents is 1. The molecule has 1 aromatic carbocycles. The number of hydrogen-bond donors (Lipinski definition) is 0. The van der Waals surface area contributed by atoms with Crippen molar-refractivity contribution < 1.29 is 9.66 Å². The zero-order chi connectivity index (χ0) is 15.9. The van der Waals surface area contributed by atoms with Gasteiger partial charge < -0.3 is 4.74 Å². The molecule has 21 heavy (non-hydrogen) atoms. The van der Waals surface area contributed by atoms with Crippen LogP contribution in [0.3, 0.4) is 0 Å². The van der Waals surface area contributed by atoms with Crippen LogP contribution in [0.1, 0.15) is 45.1 Å². The van der Waals surface area contributed by atoms with Gasteiger partial charge in [0.15, 0.2) is 5.75 Å². The normalized spacial score (nSPS) is 11.4. The lowest BCUT2D eigenvalue weighted by Crippen LogP contribution is -2.30. The van der Waals surface area contributed by atoms with Crippen molar-refractivity contribution in [3.8, 4) is 5.75 Å². The number of benzene rings is 1. The average molecular weight is 358 g/mol. The van der Waals surface area contributed by atoms with Gasteiger partial charge in [-0.1, -0.05) is 48.7 Å². The van der Waals surface area contributed by atoms with Gasteiger partial charge in [-0.15, -0.1) is 0 Å². The van der Waals surface area contributed by atoms with Crippen LogP contribution >= 0.6 is 15.9 Å². The minimum absolute atomic E-state index is 0.0390. The maximum absolute atomic E-state index is 11.1. The van der Waals surface area contributed by atoms with E-state index in [2.05, 4.69) is 29.8 Å². The third-order valence-electron chi connectivity index (χ3n) is 3.69. The molecule has 0 saturated heterocycles. The SMILES string of the molecule is CCCC(CBr)(CCC)COc1cc(C)ccc1[N+](=O)[O-]. The molecule has 0 aliphatic rings. The van der Waals surface area contributed by atoms with Crippen LogP contribution in [0.25, 0.3) is 0 Å². The second kappa shape index (κ2) is 8.37. The monoisotopic (exact) mass is 357 g/mol. The predicted octanol–water partition coefficient (Wildman–Crippen LogP) is 5.26. The summed E-state index contributed by atoms with van der Waals surface area (Å²) < 4.78 is 5.87. The molecule has 0 N–H and O–H groups in total. The third kappa shape index (κ3) is 4.99. The van der Waals surface area contributed by atoms with Gasteiger partial charge >= 0.3 is 5.69 Å². The van der Waals surface area contributed by atoms with E-state index in [1.807, 2.05) is 6.92 Å². The molecule has 5 heteroatoms. The van der Waals surface area contributed by atoms with Gasteiger partial charge in [-0.3, -0.25) is 10.1 Å². The first kappa shape index (κ1) is 18.0. The van der Waals surface area contributed by atoms with E-state index in [0.29, 0.717) is 12.4 Å². The van der Waals surface area contributed by atoms with E-state index in [0.717, 1.165) is 36.6 Å². The third-order valence-corrected chi connectivity index (χ3v) is 4.88. The Morgan fingerprint density at radius 1 is 1.29 bits per heavy atom. The molecule has 0 radical (unpaired) electrons. The number of hydrogen-bond acceptors (Lipinski definition) is 3. The lowest BCUT2D eigenvalue weighted by molar-refractivity contribution is -0.386. The van der Waals surface area contributed by atoms with Gasteiger partial charge in [0.25, 0.3) is 0 Å². The molecular formula is C16H24BrNO3. The molecule has 0 aliphatic heterocycles. The number of aryl methyl sites for hydroxylation is 1. The van der Waals surface area contributed by atoms with Crippen LogP contribution in [-0.4, -0.2) is 16.9 Å². The summed E-state index contributed by atoms with van der Waals surface area (Å²) in [6.07, 6.45) is 4.24. The largest absolute Gasteiger partial charge is 0.486 e. The van der Waals surface area contributed by atoms with Gasteiger partial charge in [0, 0.05) is 16.8 Å². The molecule has 0 unspecified atom stereocenters. The summed E-state index contributed by atoms with van der Waals surface area (Å²) in [5.74, 6) is 0.373. The Balaban J connectivity index is 2.93. The van der Waals surface area contributed by atoms with Crippen molar-refractivity contribution in [3.05, 3.63) is 33.9 Å². The molecule has 4 nitrogen and oxygen atoms in total. The fraction of sp³-hybridized carbons (Fsp3) is 0.625. The molecule has 0 spiro atoms. The Morgan fingerprint density at radius 3 is 2.38 bits per heavy atom. The summed E-state index contributed by atoms with van der Waals surface area (Å²) in [6.45, 7) is 6.72. The molecule has 0 amide bonds. The first-order valence-corrected chi connectivity index (χ1v) is 8.54. The maximum Gasteiger partial charge on any atom is 0.310 e. The number of rotatable bonds is 9. The van der Waals surface area contributed by atoms with E-state index < -0.39 is 0 Å². The van der Waals surface area contributed by atoms with E-state index in [9.17, 15) is 10.1 Å². The lowest BCUT2D eigenvalue weighted by atomic mass is 9.82. The van der Waals surface area contributed by atoms with Crippen molar-refractivity contribution in [3.63, 3.8) is 0 Å². The first-order chi connectivity index (χ1) is 9.98. The van der Waals surface area contributed by atoms with Crippen molar-refractivity contribution in [1.29, 1.82) is 0 Å². The molecule has 0 saturated carbocycles. The summed E-state index contributed by atoms with van der Waals surface area (Å²) in [5, 5.41) is 11.9. The Bertz CT molecular complexity index is 471. The Hall–Kier alpha value is -1.10. The standard InChI is InChI=1S/C16H24BrNO3/c1-4-8-16(11-17,9-5-2)12-21-15-10-13(3)6-7-14(15)18(19)20/h6-7,10H,4-5,8-9,11-12H2,1-3H3. The van der Waals surface area contributed by atoms with E-state index in [1.165, 1.54) is 6.07 Å². The van der Waals surface area contributed by atoms with Gasteiger partial charge in [0.2, 0.25) is 0 Å². The molecule has 0 bridgehead atoms. The Kier molecular flexibility index (Phi) is 7.15. The molecule has 1 aromatic rings. The molecule has 118 valence electrons. The molecular weight excluding hydrogens is 334 g/mol. The smallest absolute Gasteiger partial charge is 0.310 e. The zero-order valence-corrected chi connectivity index (χ0v) is 14.6. The summed E-state index contributed by atoms with van der Waals surface area (Å²) in [7, 11) is 0. The Labute approximate surface area is 135 Å². The molecule has 0 atom stereocenters. The highest BCUT2D eigenvalue weighted by Gasteiger charge is 2.29. The first-order valence-electron chi connectivity index (χ1n) is 7.42. The van der Waals surface area contributed by atoms with Crippen LogP contribution in [0.2, 0.25) is 0 Å². The second-order valence-corrected chi connectivity index (χ2v) is 6.21. The number of halogens is 1. The minimum Gasteiger partial charge on any atom is -0.486 e. The molecule has 0 aromatic heterocycles. The number of ether oxygens (including phenoxy) is 1. The van der Waals surface area contributed by atoms with Crippen molar-refractivity contribution in [2.24, 2.45) is 5.41 Å². The van der Waals surface area contributed by atoms with E-state index in [4.69, 9.17) is 4.74 Å². The van der Waals surface area contributed by atoms with E-state index in [1.54, 1.807) is 12.1 Å². The molecule has 0 aliphatic carbocycles. The van der Waals surface area contributed by atoms with Crippen molar-refractivity contribution in [2.75, 3.05) is 11.9 Å². The topological polar surface area (TPSA) is 52.4 Å². The van der Waals surface area contributed by atoms with Crippen LogP contribution in [0.5, 0.6) is 5.75 Å². The average Bonchev–Trinajstić information content (AvgIpc) is 2.45. The van der Waals surface area contributed by atoms with E-state index >= 15 is 0 Å². The van der Waals surface area contributed by atoms with Crippen LogP contribution < -0.4 is 4.74 Å². The highest BCUT2D eigenvalue weighted by atomic mass is 79.9. The van der Waals surface area contributed by atoms with Crippen molar-refractivity contribution in [2.45, 2.75) is 46.5 Å². The van der Waals surface area contributed by atoms with Crippen LogP contribution in [0, 0.1) is 22.5 Å². The molecule has 0 fully saturated rings. The Morgan fingerprint density at radius 2 is 1.90 bits per heavy atom.